The predicted molar refractivity (Wildman–Crippen MR) is 78.9 cm³/mol. The van der Waals surface area contributed by atoms with E-state index in [1.807, 2.05) is 6.92 Å². The number of aliphatic carboxylic acids is 1. The van der Waals surface area contributed by atoms with E-state index < -0.39 is 21.2 Å². The highest BCUT2D eigenvalue weighted by atomic mass is 32.2. The molecule has 1 fully saturated rings. The van der Waals surface area contributed by atoms with Crippen molar-refractivity contribution in [3.63, 3.8) is 0 Å². The minimum atomic E-state index is -3.11. The molecule has 0 aromatic carbocycles. The molecule has 1 N–H and O–H groups in total. The van der Waals surface area contributed by atoms with E-state index in [-0.39, 0.29) is 18.3 Å². The number of urea groups is 1. The Morgan fingerprint density at radius 3 is 2.19 bits per heavy atom. The van der Waals surface area contributed by atoms with Gasteiger partial charge in [0.05, 0.1) is 11.2 Å². The predicted octanol–water partition coefficient (Wildman–Crippen LogP) is 0.660. The van der Waals surface area contributed by atoms with E-state index >= 15 is 0 Å². The van der Waals surface area contributed by atoms with E-state index in [2.05, 4.69) is 0 Å². The number of nitrogens with zero attached hydrogens (tertiary/aromatic N) is 2. The smallest absolute Gasteiger partial charge is 0.319 e. The van der Waals surface area contributed by atoms with Crippen molar-refractivity contribution in [2.24, 2.45) is 5.41 Å². The van der Waals surface area contributed by atoms with Gasteiger partial charge in [0.25, 0.3) is 0 Å². The maximum absolute atomic E-state index is 12.2. The summed E-state index contributed by atoms with van der Waals surface area (Å²) in [4.78, 5) is 26.5. The fraction of sp³-hybridized carbons (Fsp3) is 0.846. The van der Waals surface area contributed by atoms with Crippen molar-refractivity contribution < 1.29 is 23.1 Å². The summed E-state index contributed by atoms with van der Waals surface area (Å²) < 4.78 is 22.2. The lowest BCUT2D eigenvalue weighted by atomic mass is 9.76. The molecule has 1 saturated heterocycles. The molecule has 0 unspecified atom stereocenters. The van der Waals surface area contributed by atoms with Crippen LogP contribution in [0.3, 0.4) is 0 Å². The second kappa shape index (κ2) is 6.64. The van der Waals surface area contributed by atoms with Crippen molar-refractivity contribution >= 4 is 21.8 Å². The van der Waals surface area contributed by atoms with Crippen LogP contribution >= 0.6 is 0 Å². The van der Waals surface area contributed by atoms with Gasteiger partial charge >= 0.3 is 12.0 Å². The molecule has 0 saturated carbocycles. The van der Waals surface area contributed by atoms with Crippen LogP contribution in [0.2, 0.25) is 0 Å². The molecule has 1 aliphatic rings. The molecule has 122 valence electrons. The topological polar surface area (TPSA) is 95.0 Å². The summed E-state index contributed by atoms with van der Waals surface area (Å²) in [6.45, 7) is 2.78. The Hall–Kier alpha value is -1.31. The molecule has 0 bridgehead atoms. The number of amides is 2. The molecule has 0 atom stereocenters. The van der Waals surface area contributed by atoms with E-state index in [1.165, 1.54) is 4.90 Å². The largest absolute Gasteiger partial charge is 0.481 e. The van der Waals surface area contributed by atoms with E-state index in [9.17, 15) is 23.1 Å². The van der Waals surface area contributed by atoms with Crippen molar-refractivity contribution in [3.8, 4) is 0 Å². The standard InChI is InChI=1S/C13H24N2O5S/c1-4-13(11(16)17)5-7-15(8-6-13)12(18)14(2)9-10-21(3,19)20/h4-10H2,1-3H3,(H,16,17). The third-order valence-corrected chi connectivity index (χ3v) is 5.17. The zero-order valence-corrected chi connectivity index (χ0v) is 13.6. The summed E-state index contributed by atoms with van der Waals surface area (Å²) >= 11 is 0. The van der Waals surface area contributed by atoms with Crippen LogP contribution < -0.4 is 0 Å². The number of carbonyl (C=O) groups excluding carboxylic acids is 1. The Balaban J connectivity index is 2.57. The van der Waals surface area contributed by atoms with Crippen molar-refractivity contribution in [2.45, 2.75) is 26.2 Å². The zero-order valence-electron chi connectivity index (χ0n) is 12.8. The average molecular weight is 320 g/mol. The number of hydrogen-bond acceptors (Lipinski definition) is 4. The molecular weight excluding hydrogens is 296 g/mol. The average Bonchev–Trinajstić information content (AvgIpc) is 2.43. The number of sulfone groups is 1. The summed E-state index contributed by atoms with van der Waals surface area (Å²) in [7, 11) is -1.55. The van der Waals surface area contributed by atoms with Gasteiger partial charge in [-0.25, -0.2) is 13.2 Å². The normalized spacial score (nSPS) is 18.3. The summed E-state index contributed by atoms with van der Waals surface area (Å²) in [5, 5.41) is 9.32. The van der Waals surface area contributed by atoms with Gasteiger partial charge in [-0.05, 0) is 19.3 Å². The zero-order chi connectivity index (χ0) is 16.3. The number of rotatable bonds is 5. The van der Waals surface area contributed by atoms with Gasteiger partial charge < -0.3 is 14.9 Å². The van der Waals surface area contributed by atoms with Gasteiger partial charge in [-0.3, -0.25) is 4.79 Å². The first-order chi connectivity index (χ1) is 9.61. The second-order valence-electron chi connectivity index (χ2n) is 5.76. The van der Waals surface area contributed by atoms with Gasteiger partial charge in [-0.1, -0.05) is 6.92 Å². The SMILES string of the molecule is CCC1(C(=O)O)CCN(C(=O)N(C)CCS(C)(=O)=O)CC1. The fourth-order valence-electron chi connectivity index (χ4n) is 2.48. The Bertz CT molecular complexity index is 495. The number of carbonyl (C=O) groups is 2. The summed E-state index contributed by atoms with van der Waals surface area (Å²) in [6, 6.07) is -0.242. The van der Waals surface area contributed by atoms with E-state index in [1.54, 1.807) is 11.9 Å². The number of likely N-dealkylation sites (tertiary alicyclic amines) is 1. The molecule has 1 heterocycles. The maximum Gasteiger partial charge on any atom is 0.319 e. The Morgan fingerprint density at radius 2 is 1.81 bits per heavy atom. The Kier molecular flexibility index (Phi) is 5.61. The molecule has 21 heavy (non-hydrogen) atoms. The Morgan fingerprint density at radius 1 is 1.29 bits per heavy atom. The molecular formula is C13H24N2O5S. The minimum absolute atomic E-state index is 0.0723. The highest BCUT2D eigenvalue weighted by Gasteiger charge is 2.41. The van der Waals surface area contributed by atoms with Gasteiger partial charge in [0.15, 0.2) is 0 Å². The van der Waals surface area contributed by atoms with Crippen LogP contribution in [0.4, 0.5) is 4.79 Å². The number of hydrogen-bond donors (Lipinski definition) is 1. The summed E-state index contributed by atoms with van der Waals surface area (Å²) in [5.74, 6) is -0.876. The van der Waals surface area contributed by atoms with Crippen LogP contribution in [-0.4, -0.2) is 74.0 Å². The number of carboxylic acid groups (broad SMARTS) is 1. The molecule has 0 radical (unpaired) electrons. The van der Waals surface area contributed by atoms with Crippen LogP contribution in [0.1, 0.15) is 26.2 Å². The molecule has 1 rings (SSSR count). The quantitative estimate of drug-likeness (QED) is 0.803. The number of piperidine rings is 1. The molecule has 1 aliphatic heterocycles. The highest BCUT2D eigenvalue weighted by molar-refractivity contribution is 7.90. The molecule has 0 aromatic heterocycles. The summed E-state index contributed by atoms with van der Waals surface area (Å²) in [6.07, 6.45) is 2.55. The molecule has 0 spiro atoms. The van der Waals surface area contributed by atoms with Gasteiger partial charge in [0.2, 0.25) is 0 Å². The van der Waals surface area contributed by atoms with E-state index in [0.717, 1.165) is 6.26 Å². The van der Waals surface area contributed by atoms with E-state index in [4.69, 9.17) is 0 Å². The van der Waals surface area contributed by atoms with Crippen molar-refractivity contribution in [2.75, 3.05) is 38.7 Å². The molecule has 7 nitrogen and oxygen atoms in total. The first-order valence-corrected chi connectivity index (χ1v) is 9.08. The molecule has 0 aromatic rings. The van der Waals surface area contributed by atoms with Crippen molar-refractivity contribution in [1.82, 2.24) is 9.80 Å². The highest BCUT2D eigenvalue weighted by Crippen LogP contribution is 2.35. The van der Waals surface area contributed by atoms with Gasteiger partial charge in [-0.15, -0.1) is 0 Å². The van der Waals surface area contributed by atoms with Crippen molar-refractivity contribution in [1.29, 1.82) is 0 Å². The lowest BCUT2D eigenvalue weighted by Crippen LogP contribution is -2.50. The fourth-order valence-corrected chi connectivity index (χ4v) is 3.09. The first kappa shape index (κ1) is 17.7. The lowest BCUT2D eigenvalue weighted by Gasteiger charge is -2.39. The third-order valence-electron chi connectivity index (χ3n) is 4.25. The first-order valence-electron chi connectivity index (χ1n) is 7.02. The van der Waals surface area contributed by atoms with Crippen LogP contribution in [0, 0.1) is 5.41 Å². The van der Waals surface area contributed by atoms with Crippen LogP contribution in [0.15, 0.2) is 0 Å². The van der Waals surface area contributed by atoms with Crippen LogP contribution in [0.25, 0.3) is 0 Å². The van der Waals surface area contributed by atoms with Crippen LogP contribution in [0.5, 0.6) is 0 Å². The van der Waals surface area contributed by atoms with Crippen molar-refractivity contribution in [3.05, 3.63) is 0 Å². The monoisotopic (exact) mass is 320 g/mol. The third kappa shape index (κ3) is 4.59. The second-order valence-corrected chi connectivity index (χ2v) is 8.02. The molecule has 0 aliphatic carbocycles. The maximum atomic E-state index is 12.2. The molecule has 2 amide bonds. The van der Waals surface area contributed by atoms with Gasteiger partial charge in [-0.2, -0.15) is 0 Å². The lowest BCUT2D eigenvalue weighted by molar-refractivity contribution is -0.152. The Labute approximate surface area is 125 Å². The van der Waals surface area contributed by atoms with Gasteiger partial charge in [0, 0.05) is 32.9 Å². The van der Waals surface area contributed by atoms with Crippen LogP contribution in [-0.2, 0) is 14.6 Å². The molecule has 8 heteroatoms. The number of carboxylic acids is 1. The van der Waals surface area contributed by atoms with Gasteiger partial charge in [0.1, 0.15) is 9.84 Å². The minimum Gasteiger partial charge on any atom is -0.481 e. The van der Waals surface area contributed by atoms with E-state index in [0.29, 0.717) is 32.4 Å². The summed E-state index contributed by atoms with van der Waals surface area (Å²) in [5.41, 5.74) is -0.734.